The monoisotopic (exact) mass is 238 g/mol. The summed E-state index contributed by atoms with van der Waals surface area (Å²) in [5, 5.41) is 2.12. The van der Waals surface area contributed by atoms with Crippen LogP contribution in [0.4, 0.5) is 5.95 Å². The fraction of sp³-hybridized carbons (Fsp3) is 0.636. The molecular formula is C11H18N4O2. The summed E-state index contributed by atoms with van der Waals surface area (Å²) in [7, 11) is 3.15. The maximum Gasteiger partial charge on any atom is 0.244 e. The molecule has 1 N–H and O–H groups in total. The molecule has 94 valence electrons. The third kappa shape index (κ3) is 3.20. The van der Waals surface area contributed by atoms with Crippen LogP contribution in [0.2, 0.25) is 0 Å². The Hall–Kier alpha value is -1.56. The number of hydrogen-bond donors (Lipinski definition) is 1. The Morgan fingerprint density at radius 2 is 1.65 bits per heavy atom. The average Bonchev–Trinajstić information content (AvgIpc) is 2.39. The van der Waals surface area contributed by atoms with Crippen LogP contribution in [-0.2, 0) is 0 Å². The first kappa shape index (κ1) is 11.9. The molecule has 1 aromatic rings. The zero-order valence-electron chi connectivity index (χ0n) is 10.3. The van der Waals surface area contributed by atoms with Gasteiger partial charge in [0, 0.05) is 13.1 Å². The van der Waals surface area contributed by atoms with E-state index in [-0.39, 0.29) is 0 Å². The van der Waals surface area contributed by atoms with Crippen molar-refractivity contribution < 1.29 is 9.47 Å². The quantitative estimate of drug-likeness (QED) is 0.853. The first-order valence-electron chi connectivity index (χ1n) is 5.80. The standard InChI is InChI=1S/C11H18N4O2/c1-16-9-8-10(17-2)13-11(12-9)14-15-6-4-3-5-7-15/h8H,3-7H2,1-2H3,(H,12,13,14). The summed E-state index contributed by atoms with van der Waals surface area (Å²) in [5.74, 6) is 1.51. The summed E-state index contributed by atoms with van der Waals surface area (Å²) in [5.41, 5.74) is 3.18. The molecular weight excluding hydrogens is 220 g/mol. The number of piperidine rings is 1. The van der Waals surface area contributed by atoms with E-state index in [0.29, 0.717) is 17.7 Å². The van der Waals surface area contributed by atoms with E-state index in [1.54, 1.807) is 20.3 Å². The van der Waals surface area contributed by atoms with Gasteiger partial charge in [-0.1, -0.05) is 6.42 Å². The molecule has 1 saturated heterocycles. The summed E-state index contributed by atoms with van der Waals surface area (Å²) in [6.07, 6.45) is 3.70. The molecule has 17 heavy (non-hydrogen) atoms. The van der Waals surface area contributed by atoms with Crippen LogP contribution in [0, 0.1) is 0 Å². The second-order valence-electron chi connectivity index (χ2n) is 3.94. The Kier molecular flexibility index (Phi) is 3.98. The van der Waals surface area contributed by atoms with Crippen LogP contribution >= 0.6 is 0 Å². The highest BCUT2D eigenvalue weighted by molar-refractivity contribution is 5.32. The third-order valence-electron chi connectivity index (χ3n) is 2.71. The van der Waals surface area contributed by atoms with Crippen molar-refractivity contribution in [3.63, 3.8) is 0 Å². The van der Waals surface area contributed by atoms with Crippen molar-refractivity contribution in [3.8, 4) is 11.8 Å². The Balaban J connectivity index is 2.07. The van der Waals surface area contributed by atoms with Crippen LogP contribution in [0.25, 0.3) is 0 Å². The Morgan fingerprint density at radius 1 is 1.06 bits per heavy atom. The minimum Gasteiger partial charge on any atom is -0.481 e. The van der Waals surface area contributed by atoms with Crippen molar-refractivity contribution in [1.29, 1.82) is 0 Å². The highest BCUT2D eigenvalue weighted by Crippen LogP contribution is 2.18. The Morgan fingerprint density at radius 3 is 2.18 bits per heavy atom. The van der Waals surface area contributed by atoms with Crippen LogP contribution in [0.3, 0.4) is 0 Å². The number of nitrogens with one attached hydrogen (secondary N) is 1. The normalized spacial score (nSPS) is 16.6. The summed E-state index contributed by atoms with van der Waals surface area (Å²) < 4.78 is 10.2. The van der Waals surface area contributed by atoms with Gasteiger partial charge < -0.3 is 9.47 Å². The molecule has 1 aliphatic rings. The predicted molar refractivity (Wildman–Crippen MR) is 64.2 cm³/mol. The molecule has 2 rings (SSSR count). The molecule has 2 heterocycles. The van der Waals surface area contributed by atoms with Gasteiger partial charge >= 0.3 is 0 Å². The summed E-state index contributed by atoms with van der Waals surface area (Å²) in [6.45, 7) is 2.03. The van der Waals surface area contributed by atoms with Crippen molar-refractivity contribution in [2.45, 2.75) is 19.3 Å². The summed E-state index contributed by atoms with van der Waals surface area (Å²) in [6, 6.07) is 1.65. The fourth-order valence-electron chi connectivity index (χ4n) is 1.81. The van der Waals surface area contributed by atoms with Crippen LogP contribution < -0.4 is 14.9 Å². The topological polar surface area (TPSA) is 59.5 Å². The number of anilines is 1. The van der Waals surface area contributed by atoms with Gasteiger partial charge in [0.1, 0.15) is 0 Å². The molecule has 1 aromatic heterocycles. The van der Waals surface area contributed by atoms with E-state index in [4.69, 9.17) is 9.47 Å². The number of rotatable bonds is 4. The molecule has 6 heteroatoms. The minimum atomic E-state index is 0.497. The Labute approximate surface area is 101 Å². The molecule has 0 radical (unpaired) electrons. The molecule has 0 unspecified atom stereocenters. The van der Waals surface area contributed by atoms with Gasteiger partial charge in [0.2, 0.25) is 17.7 Å². The minimum absolute atomic E-state index is 0.497. The number of nitrogens with zero attached hydrogens (tertiary/aromatic N) is 3. The number of aromatic nitrogens is 2. The lowest BCUT2D eigenvalue weighted by molar-refractivity contribution is 0.269. The maximum absolute atomic E-state index is 5.10. The number of hydrogen-bond acceptors (Lipinski definition) is 6. The molecule has 0 saturated carbocycles. The van der Waals surface area contributed by atoms with E-state index in [9.17, 15) is 0 Å². The van der Waals surface area contributed by atoms with Gasteiger partial charge in [-0.15, -0.1) is 0 Å². The van der Waals surface area contributed by atoms with Crippen LogP contribution in [0.5, 0.6) is 11.8 Å². The predicted octanol–water partition coefficient (Wildman–Crippen LogP) is 1.31. The zero-order valence-corrected chi connectivity index (χ0v) is 10.3. The van der Waals surface area contributed by atoms with Gasteiger partial charge in [-0.2, -0.15) is 9.97 Å². The second kappa shape index (κ2) is 5.67. The fourth-order valence-corrected chi connectivity index (χ4v) is 1.81. The SMILES string of the molecule is COc1cc(OC)nc(NN2CCCCC2)n1. The Bertz CT molecular complexity index is 344. The van der Waals surface area contributed by atoms with Gasteiger partial charge in [-0.3, -0.25) is 5.43 Å². The molecule has 0 atom stereocenters. The first-order chi connectivity index (χ1) is 8.31. The van der Waals surface area contributed by atoms with Crippen LogP contribution in [0.1, 0.15) is 19.3 Å². The van der Waals surface area contributed by atoms with Gasteiger partial charge in [-0.05, 0) is 12.8 Å². The molecule has 0 aliphatic carbocycles. The largest absolute Gasteiger partial charge is 0.481 e. The molecule has 0 aromatic carbocycles. The lowest BCUT2D eigenvalue weighted by Crippen LogP contribution is -2.35. The third-order valence-corrected chi connectivity index (χ3v) is 2.71. The van der Waals surface area contributed by atoms with Crippen molar-refractivity contribution in [2.75, 3.05) is 32.7 Å². The first-order valence-corrected chi connectivity index (χ1v) is 5.80. The highest BCUT2D eigenvalue weighted by Gasteiger charge is 2.12. The van der Waals surface area contributed by atoms with Crippen molar-refractivity contribution >= 4 is 5.95 Å². The molecule has 0 spiro atoms. The van der Waals surface area contributed by atoms with E-state index in [0.717, 1.165) is 13.1 Å². The van der Waals surface area contributed by atoms with Crippen LogP contribution in [-0.4, -0.2) is 42.3 Å². The highest BCUT2D eigenvalue weighted by atomic mass is 16.5. The smallest absolute Gasteiger partial charge is 0.244 e. The van der Waals surface area contributed by atoms with Gasteiger partial charge in [0.05, 0.1) is 20.3 Å². The van der Waals surface area contributed by atoms with Crippen molar-refractivity contribution in [2.24, 2.45) is 0 Å². The number of hydrazine groups is 1. The number of methoxy groups -OCH3 is 2. The van der Waals surface area contributed by atoms with Gasteiger partial charge in [0.25, 0.3) is 0 Å². The lowest BCUT2D eigenvalue weighted by atomic mass is 10.2. The van der Waals surface area contributed by atoms with E-state index < -0.39 is 0 Å². The summed E-state index contributed by atoms with van der Waals surface area (Å²) >= 11 is 0. The number of ether oxygens (including phenoxy) is 2. The van der Waals surface area contributed by atoms with E-state index in [1.807, 2.05) is 0 Å². The lowest BCUT2D eigenvalue weighted by Gasteiger charge is -2.26. The zero-order chi connectivity index (χ0) is 12.1. The van der Waals surface area contributed by atoms with Gasteiger partial charge in [-0.25, -0.2) is 5.01 Å². The van der Waals surface area contributed by atoms with Crippen molar-refractivity contribution in [3.05, 3.63) is 6.07 Å². The maximum atomic E-state index is 5.10. The van der Waals surface area contributed by atoms with E-state index >= 15 is 0 Å². The molecule has 1 fully saturated rings. The van der Waals surface area contributed by atoms with Crippen molar-refractivity contribution in [1.82, 2.24) is 15.0 Å². The second-order valence-corrected chi connectivity index (χ2v) is 3.94. The van der Waals surface area contributed by atoms with Crippen LogP contribution in [0.15, 0.2) is 6.07 Å². The molecule has 6 nitrogen and oxygen atoms in total. The summed E-state index contributed by atoms with van der Waals surface area (Å²) in [4.78, 5) is 8.46. The van der Waals surface area contributed by atoms with Gasteiger partial charge in [0.15, 0.2) is 0 Å². The molecule has 0 bridgehead atoms. The van der Waals surface area contributed by atoms with E-state index in [2.05, 4.69) is 20.4 Å². The van der Waals surface area contributed by atoms with E-state index in [1.165, 1.54) is 19.3 Å². The molecule has 1 aliphatic heterocycles. The average molecular weight is 238 g/mol. The molecule has 0 amide bonds.